The lowest BCUT2D eigenvalue weighted by atomic mass is 9.97. The largest absolute Gasteiger partial charge is 0.355 e. The van der Waals surface area contributed by atoms with Crippen LogP contribution in [0, 0.1) is 24.5 Å². The van der Waals surface area contributed by atoms with Crippen molar-refractivity contribution in [2.75, 3.05) is 25.4 Å². The molecule has 0 bridgehead atoms. The van der Waals surface area contributed by atoms with Gasteiger partial charge >= 0.3 is 0 Å². The van der Waals surface area contributed by atoms with E-state index < -0.39 is 26.6 Å². The highest BCUT2D eigenvalue weighted by Crippen LogP contribution is 2.26. The summed E-state index contributed by atoms with van der Waals surface area (Å²) in [6, 6.07) is 10.5. The summed E-state index contributed by atoms with van der Waals surface area (Å²) in [4.78, 5) is 12.9. The van der Waals surface area contributed by atoms with E-state index in [1.165, 1.54) is 5.56 Å². The number of amides is 1. The molecule has 0 spiro atoms. The lowest BCUT2D eigenvalue weighted by Crippen LogP contribution is -2.43. The lowest BCUT2D eigenvalue weighted by Gasteiger charge is -2.30. The predicted molar refractivity (Wildman–Crippen MR) is 113 cm³/mol. The second kappa shape index (κ2) is 9.89. The third-order valence-corrected chi connectivity index (χ3v) is 7.95. The van der Waals surface area contributed by atoms with E-state index in [0.717, 1.165) is 27.1 Å². The van der Waals surface area contributed by atoms with Gasteiger partial charge in [0.2, 0.25) is 15.9 Å². The molecule has 0 radical (unpaired) electrons. The topological polar surface area (TPSA) is 66.5 Å². The highest BCUT2D eigenvalue weighted by atomic mass is 32.2. The molecule has 162 valence electrons. The van der Waals surface area contributed by atoms with Crippen LogP contribution < -0.4 is 5.32 Å². The van der Waals surface area contributed by atoms with E-state index in [0.29, 0.717) is 25.5 Å². The maximum absolute atomic E-state index is 13.9. The molecule has 1 amide bonds. The van der Waals surface area contributed by atoms with Crippen LogP contribution in [0.25, 0.3) is 0 Å². The zero-order chi connectivity index (χ0) is 21.7. The summed E-state index contributed by atoms with van der Waals surface area (Å²) in [5.41, 5.74) is 1.20. The first-order chi connectivity index (χ1) is 14.3. The average molecular weight is 455 g/mol. The number of carbonyl (C=O) groups excluding carboxylic acids is 1. The van der Waals surface area contributed by atoms with Crippen LogP contribution in [0.5, 0.6) is 0 Å². The number of hydrogen-bond acceptors (Lipinski definition) is 4. The van der Waals surface area contributed by atoms with Gasteiger partial charge in [0.05, 0.1) is 0 Å². The van der Waals surface area contributed by atoms with Gasteiger partial charge in [-0.2, -0.15) is 4.31 Å². The van der Waals surface area contributed by atoms with Crippen molar-refractivity contribution in [3.63, 3.8) is 0 Å². The highest BCUT2D eigenvalue weighted by Gasteiger charge is 2.33. The second-order valence-corrected chi connectivity index (χ2v) is 10.3. The molecule has 9 heteroatoms. The zero-order valence-corrected chi connectivity index (χ0v) is 18.2. The van der Waals surface area contributed by atoms with Crippen molar-refractivity contribution in [1.82, 2.24) is 9.62 Å². The Morgan fingerprint density at radius 2 is 1.80 bits per heavy atom. The Morgan fingerprint density at radius 3 is 2.47 bits per heavy atom. The number of aryl methyl sites for hydroxylation is 1. The Kier molecular flexibility index (Phi) is 7.49. The summed E-state index contributed by atoms with van der Waals surface area (Å²) in [7, 11) is -4.14. The Labute approximate surface area is 179 Å². The fourth-order valence-corrected chi connectivity index (χ4v) is 5.61. The maximum atomic E-state index is 13.9. The van der Waals surface area contributed by atoms with Crippen molar-refractivity contribution >= 4 is 27.7 Å². The van der Waals surface area contributed by atoms with Gasteiger partial charge in [0.25, 0.3) is 0 Å². The monoisotopic (exact) mass is 454 g/mol. The average Bonchev–Trinajstić information content (AvgIpc) is 2.74. The van der Waals surface area contributed by atoms with E-state index in [-0.39, 0.29) is 24.9 Å². The van der Waals surface area contributed by atoms with E-state index in [2.05, 4.69) is 5.32 Å². The molecule has 2 aromatic rings. The van der Waals surface area contributed by atoms with Gasteiger partial charge in [0, 0.05) is 36.2 Å². The van der Waals surface area contributed by atoms with Gasteiger partial charge in [0.15, 0.2) is 0 Å². The first-order valence-corrected chi connectivity index (χ1v) is 12.1. The minimum absolute atomic E-state index is 0.0918. The van der Waals surface area contributed by atoms with Gasteiger partial charge < -0.3 is 5.32 Å². The summed E-state index contributed by atoms with van der Waals surface area (Å²) < 4.78 is 53.6. The van der Waals surface area contributed by atoms with Gasteiger partial charge in [-0.05, 0) is 50.1 Å². The number of halogens is 2. The number of hydrogen-bond donors (Lipinski definition) is 1. The van der Waals surface area contributed by atoms with Gasteiger partial charge in [-0.25, -0.2) is 17.2 Å². The van der Waals surface area contributed by atoms with E-state index in [4.69, 9.17) is 0 Å². The van der Waals surface area contributed by atoms with E-state index in [9.17, 15) is 22.0 Å². The number of nitrogens with one attached hydrogen (secondary N) is 1. The van der Waals surface area contributed by atoms with Gasteiger partial charge in [-0.1, -0.05) is 17.7 Å². The maximum Gasteiger partial charge on any atom is 0.246 e. The Morgan fingerprint density at radius 1 is 1.13 bits per heavy atom. The molecular formula is C21H24F2N2O3S2. The number of carbonyl (C=O) groups is 1. The molecule has 1 saturated heterocycles. The number of sulfonamides is 1. The predicted octanol–water partition coefficient (Wildman–Crippen LogP) is 3.58. The van der Waals surface area contributed by atoms with Gasteiger partial charge in [-0.15, -0.1) is 11.8 Å². The normalized spacial score (nSPS) is 15.8. The molecule has 0 aliphatic carbocycles. The molecule has 1 heterocycles. The van der Waals surface area contributed by atoms with E-state index >= 15 is 0 Å². The van der Waals surface area contributed by atoms with Crippen LogP contribution in [0.3, 0.4) is 0 Å². The molecule has 0 atom stereocenters. The molecule has 1 aliphatic rings. The van der Waals surface area contributed by atoms with E-state index in [1.54, 1.807) is 11.8 Å². The number of rotatable bonds is 7. The Hall–Kier alpha value is -1.97. The number of thioether (sulfide) groups is 1. The summed E-state index contributed by atoms with van der Waals surface area (Å²) in [6.07, 6.45) is 0.681. The third kappa shape index (κ3) is 5.59. The third-order valence-electron chi connectivity index (χ3n) is 5.03. The fraction of sp³-hybridized carbons (Fsp3) is 0.381. The molecule has 0 unspecified atom stereocenters. The van der Waals surface area contributed by atoms with Crippen LogP contribution in [0.15, 0.2) is 52.3 Å². The van der Waals surface area contributed by atoms with Crippen LogP contribution in [0.2, 0.25) is 0 Å². The van der Waals surface area contributed by atoms with Gasteiger partial charge in [-0.3, -0.25) is 4.79 Å². The Bertz CT molecular complexity index is 990. The van der Waals surface area contributed by atoms with Crippen molar-refractivity contribution in [2.24, 2.45) is 5.92 Å². The van der Waals surface area contributed by atoms with Gasteiger partial charge in [0.1, 0.15) is 16.5 Å². The van der Waals surface area contributed by atoms with E-state index in [1.807, 2.05) is 31.2 Å². The minimum atomic E-state index is -4.14. The lowest BCUT2D eigenvalue weighted by molar-refractivity contribution is -0.125. The number of nitrogens with zero attached hydrogens (tertiary/aromatic N) is 1. The first-order valence-electron chi connectivity index (χ1n) is 9.70. The number of benzene rings is 2. The summed E-state index contributed by atoms with van der Waals surface area (Å²) in [5, 5.41) is 2.90. The standard InChI is InChI=1S/C21H24F2N2O3S2/c1-15-2-5-18(6-3-15)29-13-10-24-21(26)16-8-11-25(12-9-16)30(27,28)20-14-17(22)4-7-19(20)23/h2-7,14,16H,8-13H2,1H3,(H,24,26). The molecule has 2 aromatic carbocycles. The van der Waals surface area contributed by atoms with Crippen molar-refractivity contribution in [2.45, 2.75) is 29.6 Å². The van der Waals surface area contributed by atoms with Crippen molar-refractivity contribution in [3.05, 3.63) is 59.7 Å². The molecule has 0 saturated carbocycles. The smallest absolute Gasteiger partial charge is 0.246 e. The molecular weight excluding hydrogens is 430 g/mol. The van der Waals surface area contributed by atoms with Crippen LogP contribution >= 0.6 is 11.8 Å². The molecule has 30 heavy (non-hydrogen) atoms. The SMILES string of the molecule is Cc1ccc(SCCNC(=O)C2CCN(S(=O)(=O)c3cc(F)ccc3F)CC2)cc1. The fourth-order valence-electron chi connectivity index (χ4n) is 3.29. The number of piperidine rings is 1. The molecule has 3 rings (SSSR count). The summed E-state index contributed by atoms with van der Waals surface area (Å²) in [6.45, 7) is 2.73. The van der Waals surface area contributed by atoms with Crippen molar-refractivity contribution < 1.29 is 22.0 Å². The molecule has 0 aromatic heterocycles. The molecule has 1 aliphatic heterocycles. The molecule has 1 N–H and O–H groups in total. The van der Waals surface area contributed by atoms with Crippen LogP contribution in [-0.4, -0.2) is 44.0 Å². The quantitative estimate of drug-likeness (QED) is 0.513. The summed E-state index contributed by atoms with van der Waals surface area (Å²) in [5.74, 6) is -1.46. The first kappa shape index (κ1) is 22.7. The van der Waals surface area contributed by atoms with Crippen molar-refractivity contribution in [1.29, 1.82) is 0 Å². The minimum Gasteiger partial charge on any atom is -0.355 e. The van der Waals surface area contributed by atoms with Crippen molar-refractivity contribution in [3.8, 4) is 0 Å². The zero-order valence-electron chi connectivity index (χ0n) is 16.6. The van der Waals surface area contributed by atoms with Crippen LogP contribution in [-0.2, 0) is 14.8 Å². The highest BCUT2D eigenvalue weighted by molar-refractivity contribution is 7.99. The summed E-state index contributed by atoms with van der Waals surface area (Å²) >= 11 is 1.65. The second-order valence-electron chi connectivity index (χ2n) is 7.21. The van der Waals surface area contributed by atoms with Crippen LogP contribution in [0.4, 0.5) is 8.78 Å². The van der Waals surface area contributed by atoms with Crippen LogP contribution in [0.1, 0.15) is 18.4 Å². The molecule has 1 fully saturated rings. The molecule has 5 nitrogen and oxygen atoms in total. The Balaban J connectivity index is 1.47.